The third kappa shape index (κ3) is 4.45. The van der Waals surface area contributed by atoms with Crippen LogP contribution in [0.2, 0.25) is 0 Å². The van der Waals surface area contributed by atoms with E-state index < -0.39 is 4.92 Å². The summed E-state index contributed by atoms with van der Waals surface area (Å²) in [5.74, 6) is 0.0278. The summed E-state index contributed by atoms with van der Waals surface area (Å²) in [7, 11) is 0. The monoisotopic (exact) mass is 396 g/mol. The molecular weight excluding hydrogens is 376 g/mol. The number of thioether (sulfide) groups is 1. The smallest absolute Gasteiger partial charge is 0.270 e. The number of nitro groups is 1. The highest BCUT2D eigenvalue weighted by Gasteiger charge is 2.37. The van der Waals surface area contributed by atoms with Gasteiger partial charge in [-0.05, 0) is 24.5 Å². The Morgan fingerprint density at radius 2 is 2.04 bits per heavy atom. The van der Waals surface area contributed by atoms with Gasteiger partial charge in [0.2, 0.25) is 5.91 Å². The molecule has 8 heteroatoms. The Labute approximate surface area is 167 Å². The molecule has 0 aromatic heterocycles. The second-order valence-corrected chi connectivity index (χ2v) is 7.51. The van der Waals surface area contributed by atoms with Crippen molar-refractivity contribution in [2.75, 3.05) is 0 Å². The quantitative estimate of drug-likeness (QED) is 0.417. The molecule has 1 atom stereocenters. The van der Waals surface area contributed by atoms with Crippen molar-refractivity contribution < 1.29 is 9.72 Å². The van der Waals surface area contributed by atoms with Gasteiger partial charge in [-0.25, -0.2) is 0 Å². The summed E-state index contributed by atoms with van der Waals surface area (Å²) in [6.07, 6.45) is 2.16. The van der Waals surface area contributed by atoms with E-state index in [1.165, 1.54) is 30.1 Å². The van der Waals surface area contributed by atoms with E-state index in [-0.39, 0.29) is 16.8 Å². The largest absolute Gasteiger partial charge is 0.284 e. The Morgan fingerprint density at radius 3 is 2.75 bits per heavy atom. The zero-order chi connectivity index (χ0) is 20.1. The van der Waals surface area contributed by atoms with Gasteiger partial charge in [-0.3, -0.25) is 19.8 Å². The van der Waals surface area contributed by atoms with E-state index in [4.69, 9.17) is 0 Å². The van der Waals surface area contributed by atoms with Gasteiger partial charge in [0.25, 0.3) is 5.69 Å². The Hall–Kier alpha value is -3.00. The summed E-state index contributed by atoms with van der Waals surface area (Å²) in [6, 6.07) is 14.1. The number of amides is 1. The number of rotatable bonds is 6. The molecule has 3 rings (SSSR count). The van der Waals surface area contributed by atoms with Crippen LogP contribution < -0.4 is 0 Å². The summed E-state index contributed by atoms with van der Waals surface area (Å²) >= 11 is 1.40. The lowest BCUT2D eigenvalue weighted by molar-refractivity contribution is -0.384. The first kappa shape index (κ1) is 19.8. The molecule has 7 nitrogen and oxygen atoms in total. The van der Waals surface area contributed by atoms with E-state index in [0.717, 1.165) is 11.1 Å². The van der Waals surface area contributed by atoms with Gasteiger partial charge in [0.05, 0.1) is 22.9 Å². The van der Waals surface area contributed by atoms with Crippen LogP contribution in [0.5, 0.6) is 0 Å². The second kappa shape index (κ2) is 8.79. The molecule has 1 amide bonds. The highest BCUT2D eigenvalue weighted by Crippen LogP contribution is 2.31. The van der Waals surface area contributed by atoms with Gasteiger partial charge in [0.15, 0.2) is 5.17 Å². The maximum Gasteiger partial charge on any atom is 0.270 e. The third-order valence-corrected chi connectivity index (χ3v) is 5.74. The molecule has 1 unspecified atom stereocenters. The molecule has 2 aromatic rings. The minimum atomic E-state index is -0.454. The number of nitro benzene ring substituents is 1. The number of carbonyl (C=O) groups excluding carboxylic acids is 1. The molecular formula is C20H20N4O3S. The van der Waals surface area contributed by atoms with Gasteiger partial charge in [-0.15, -0.1) is 5.10 Å². The molecule has 0 N–H and O–H groups in total. The van der Waals surface area contributed by atoms with Crippen molar-refractivity contribution in [1.29, 1.82) is 0 Å². The minimum Gasteiger partial charge on any atom is -0.284 e. The Balaban J connectivity index is 1.83. The average Bonchev–Trinajstić information content (AvgIpc) is 2.99. The fourth-order valence-corrected chi connectivity index (χ4v) is 3.84. The number of hydrogen-bond donors (Lipinski definition) is 0. The lowest BCUT2D eigenvalue weighted by Gasteiger charge is -2.17. The van der Waals surface area contributed by atoms with Crippen LogP contribution in [-0.2, 0) is 11.3 Å². The molecule has 28 heavy (non-hydrogen) atoms. The zero-order valence-electron chi connectivity index (χ0n) is 15.6. The summed E-state index contributed by atoms with van der Waals surface area (Å²) in [4.78, 5) is 24.8. The number of aryl methyl sites for hydroxylation is 1. The lowest BCUT2D eigenvalue weighted by Crippen LogP contribution is -2.31. The molecule has 2 aromatic carbocycles. The zero-order valence-corrected chi connectivity index (χ0v) is 16.4. The normalized spacial score (nSPS) is 18.4. The van der Waals surface area contributed by atoms with E-state index in [2.05, 4.69) is 10.2 Å². The molecule has 0 aliphatic carbocycles. The highest BCUT2D eigenvalue weighted by atomic mass is 32.2. The van der Waals surface area contributed by atoms with Crippen molar-refractivity contribution in [1.82, 2.24) is 4.90 Å². The van der Waals surface area contributed by atoms with E-state index in [0.29, 0.717) is 23.7 Å². The van der Waals surface area contributed by atoms with Crippen molar-refractivity contribution in [3.63, 3.8) is 0 Å². The van der Waals surface area contributed by atoms with Crippen LogP contribution in [0.25, 0.3) is 0 Å². The van der Waals surface area contributed by atoms with Crippen LogP contribution in [0.1, 0.15) is 30.0 Å². The van der Waals surface area contributed by atoms with Gasteiger partial charge in [0, 0.05) is 17.7 Å². The molecule has 0 radical (unpaired) electrons. The number of nitrogens with zero attached hydrogens (tertiary/aromatic N) is 4. The fourth-order valence-electron chi connectivity index (χ4n) is 2.81. The number of amidine groups is 1. The molecule has 1 aliphatic heterocycles. The van der Waals surface area contributed by atoms with E-state index >= 15 is 0 Å². The number of benzene rings is 2. The molecule has 0 bridgehead atoms. The molecule has 144 valence electrons. The maximum absolute atomic E-state index is 12.7. The van der Waals surface area contributed by atoms with Gasteiger partial charge >= 0.3 is 0 Å². The summed E-state index contributed by atoms with van der Waals surface area (Å²) in [5, 5.41) is 19.5. The molecule has 1 aliphatic rings. The molecule has 1 fully saturated rings. The maximum atomic E-state index is 12.7. The summed E-state index contributed by atoms with van der Waals surface area (Å²) in [6.45, 7) is 4.43. The minimum absolute atomic E-state index is 0.00533. The fraction of sp³-hybridized carbons (Fsp3) is 0.250. The lowest BCUT2D eigenvalue weighted by atomic mass is 10.1. The summed E-state index contributed by atoms with van der Waals surface area (Å²) in [5.41, 5.74) is 2.74. The van der Waals surface area contributed by atoms with Gasteiger partial charge in [-0.1, -0.05) is 55.1 Å². The number of non-ortho nitro benzene ring substituents is 1. The molecule has 1 heterocycles. The third-order valence-electron chi connectivity index (χ3n) is 4.41. The molecule has 0 spiro atoms. The number of hydrogen-bond acceptors (Lipinski definition) is 6. The topological polar surface area (TPSA) is 88.2 Å². The molecule has 0 saturated carbocycles. The Kier molecular flexibility index (Phi) is 6.20. The Morgan fingerprint density at radius 1 is 1.25 bits per heavy atom. The number of carbonyl (C=O) groups is 1. The van der Waals surface area contributed by atoms with Crippen LogP contribution in [0.15, 0.2) is 58.7 Å². The van der Waals surface area contributed by atoms with Crippen LogP contribution in [-0.4, -0.2) is 32.4 Å². The average molecular weight is 396 g/mol. The predicted octanol–water partition coefficient (Wildman–Crippen LogP) is 4.15. The van der Waals surface area contributed by atoms with Crippen LogP contribution >= 0.6 is 11.8 Å². The first-order chi connectivity index (χ1) is 13.5. The highest BCUT2D eigenvalue weighted by molar-refractivity contribution is 8.15. The van der Waals surface area contributed by atoms with Gasteiger partial charge < -0.3 is 0 Å². The van der Waals surface area contributed by atoms with Gasteiger partial charge in [-0.2, -0.15) is 5.10 Å². The summed E-state index contributed by atoms with van der Waals surface area (Å²) < 4.78 is 0. The van der Waals surface area contributed by atoms with E-state index in [9.17, 15) is 14.9 Å². The Bertz CT molecular complexity index is 958. The second-order valence-electron chi connectivity index (χ2n) is 6.34. The van der Waals surface area contributed by atoms with Crippen molar-refractivity contribution in [2.24, 2.45) is 10.2 Å². The van der Waals surface area contributed by atoms with Crippen LogP contribution in [0.3, 0.4) is 0 Å². The van der Waals surface area contributed by atoms with Crippen molar-refractivity contribution in [3.8, 4) is 0 Å². The van der Waals surface area contributed by atoms with Crippen molar-refractivity contribution in [2.45, 2.75) is 32.1 Å². The SMILES string of the molecule is CCC1SC(=NN=Cc2cccc([N+](=O)[O-])c2)N(Cc2ccccc2C)C1=O. The van der Waals surface area contributed by atoms with Crippen LogP contribution in [0, 0.1) is 17.0 Å². The molecule has 1 saturated heterocycles. The van der Waals surface area contributed by atoms with E-state index in [1.807, 2.05) is 38.1 Å². The predicted molar refractivity (Wildman–Crippen MR) is 112 cm³/mol. The first-order valence-electron chi connectivity index (χ1n) is 8.87. The van der Waals surface area contributed by atoms with Crippen molar-refractivity contribution >= 4 is 34.7 Å². The van der Waals surface area contributed by atoms with Crippen molar-refractivity contribution in [3.05, 3.63) is 75.3 Å². The van der Waals surface area contributed by atoms with E-state index in [1.54, 1.807) is 17.0 Å². The van der Waals surface area contributed by atoms with Crippen LogP contribution in [0.4, 0.5) is 5.69 Å². The van der Waals surface area contributed by atoms with Gasteiger partial charge in [0.1, 0.15) is 0 Å². The standard InChI is InChI=1S/C20H20N4O3S/c1-3-18-19(25)23(13-16-9-5-4-7-14(16)2)20(28-18)22-21-12-15-8-6-10-17(11-15)24(26)27/h4-12,18H,3,13H2,1-2H3. The first-order valence-corrected chi connectivity index (χ1v) is 9.75.